The summed E-state index contributed by atoms with van der Waals surface area (Å²) < 4.78 is 7.20. The number of nitrogens with zero attached hydrogens (tertiary/aromatic N) is 2. The highest BCUT2D eigenvalue weighted by Crippen LogP contribution is 2.45. The van der Waals surface area contributed by atoms with E-state index < -0.39 is 7.65 Å². The molecule has 0 saturated carbocycles. The van der Waals surface area contributed by atoms with Crippen molar-refractivity contribution in [1.82, 2.24) is 4.67 Å². The first-order valence-corrected chi connectivity index (χ1v) is 6.01. The van der Waals surface area contributed by atoms with Crippen molar-refractivity contribution in [1.29, 1.82) is 5.26 Å². The zero-order valence-corrected chi connectivity index (χ0v) is 9.11. The summed E-state index contributed by atoms with van der Waals surface area (Å²) in [5.74, 6) is 0. The first-order chi connectivity index (χ1) is 5.72. The standard InChI is InChI=1S/C7H14ClN2OP/c1-3-6-10(2)12(8)11-7-4-5-9/h3-4,6-7H2,1-2H3. The molecule has 1 atom stereocenters. The summed E-state index contributed by atoms with van der Waals surface area (Å²) in [5, 5.41) is 8.24. The molecule has 70 valence electrons. The van der Waals surface area contributed by atoms with Crippen LogP contribution in [0.2, 0.25) is 0 Å². The molecule has 0 rings (SSSR count). The summed E-state index contributed by atoms with van der Waals surface area (Å²) in [6, 6.07) is 2.00. The first-order valence-electron chi connectivity index (χ1n) is 3.89. The molecular formula is C7H14ClN2OP. The summed E-state index contributed by atoms with van der Waals surface area (Å²) in [6.07, 6.45) is 1.47. The van der Waals surface area contributed by atoms with E-state index in [1.165, 1.54) is 0 Å². The highest BCUT2D eigenvalue weighted by Gasteiger charge is 2.10. The second-order valence-electron chi connectivity index (χ2n) is 2.35. The van der Waals surface area contributed by atoms with Gasteiger partial charge in [-0.3, -0.25) is 4.67 Å². The topological polar surface area (TPSA) is 36.3 Å². The molecule has 5 heteroatoms. The van der Waals surface area contributed by atoms with Gasteiger partial charge in [0.1, 0.15) is 0 Å². The van der Waals surface area contributed by atoms with E-state index in [4.69, 9.17) is 21.0 Å². The molecule has 0 aliphatic rings. The van der Waals surface area contributed by atoms with Gasteiger partial charge in [-0.25, -0.2) is 0 Å². The SMILES string of the molecule is CCCN(C)P(Cl)OCCC#N. The third-order valence-electron chi connectivity index (χ3n) is 1.23. The molecule has 0 aromatic heterocycles. The van der Waals surface area contributed by atoms with Crippen LogP contribution in [0.25, 0.3) is 0 Å². The summed E-state index contributed by atoms with van der Waals surface area (Å²) in [4.78, 5) is 0. The van der Waals surface area contributed by atoms with Crippen molar-refractivity contribution in [3.63, 3.8) is 0 Å². The predicted molar refractivity (Wildman–Crippen MR) is 51.9 cm³/mol. The van der Waals surface area contributed by atoms with Crippen LogP contribution in [-0.2, 0) is 4.52 Å². The van der Waals surface area contributed by atoms with Gasteiger partial charge < -0.3 is 4.52 Å². The van der Waals surface area contributed by atoms with E-state index in [9.17, 15) is 0 Å². The van der Waals surface area contributed by atoms with Crippen LogP contribution in [0.3, 0.4) is 0 Å². The van der Waals surface area contributed by atoms with E-state index >= 15 is 0 Å². The van der Waals surface area contributed by atoms with Crippen molar-refractivity contribution in [2.24, 2.45) is 0 Å². The minimum absolute atomic E-state index is 0.408. The van der Waals surface area contributed by atoms with Crippen LogP contribution < -0.4 is 0 Å². The molecule has 3 nitrogen and oxygen atoms in total. The number of halogens is 1. The number of nitriles is 1. The van der Waals surface area contributed by atoms with Crippen molar-refractivity contribution < 1.29 is 4.52 Å². The number of hydrogen-bond donors (Lipinski definition) is 0. The molecule has 0 amide bonds. The molecule has 0 aliphatic heterocycles. The number of rotatable bonds is 6. The van der Waals surface area contributed by atoms with E-state index in [0.717, 1.165) is 13.0 Å². The van der Waals surface area contributed by atoms with Gasteiger partial charge in [0, 0.05) is 6.54 Å². The van der Waals surface area contributed by atoms with Gasteiger partial charge in [0.05, 0.1) is 19.1 Å². The largest absolute Gasteiger partial charge is 0.330 e. The van der Waals surface area contributed by atoms with Crippen LogP contribution in [0.5, 0.6) is 0 Å². The zero-order chi connectivity index (χ0) is 9.40. The van der Waals surface area contributed by atoms with E-state index in [1.807, 2.05) is 17.8 Å². The Labute approximate surface area is 79.9 Å². The molecule has 0 N–H and O–H groups in total. The monoisotopic (exact) mass is 208 g/mol. The van der Waals surface area contributed by atoms with Gasteiger partial charge in [-0.2, -0.15) is 5.26 Å². The summed E-state index contributed by atoms with van der Waals surface area (Å²) >= 11 is 5.90. The highest BCUT2D eigenvalue weighted by atomic mass is 35.7. The molecule has 0 fully saturated rings. The van der Waals surface area contributed by atoms with Crippen LogP contribution in [0, 0.1) is 11.3 Å². The van der Waals surface area contributed by atoms with E-state index in [1.54, 1.807) is 0 Å². The molecular weight excluding hydrogens is 195 g/mol. The molecule has 1 unspecified atom stereocenters. The average Bonchev–Trinajstić information content (AvgIpc) is 2.05. The summed E-state index contributed by atoms with van der Waals surface area (Å²) in [5.41, 5.74) is 0. The minimum Gasteiger partial charge on any atom is -0.330 e. The molecule has 0 aromatic rings. The van der Waals surface area contributed by atoms with Gasteiger partial charge in [0.25, 0.3) is 0 Å². The fourth-order valence-electron chi connectivity index (χ4n) is 0.667. The Morgan fingerprint density at radius 3 is 2.83 bits per heavy atom. The second kappa shape index (κ2) is 7.76. The van der Waals surface area contributed by atoms with Crippen LogP contribution in [0.1, 0.15) is 19.8 Å². The highest BCUT2D eigenvalue weighted by molar-refractivity contribution is 7.78. The first kappa shape index (κ1) is 12.1. The summed E-state index contributed by atoms with van der Waals surface area (Å²) in [6.45, 7) is 3.45. The number of hydrogen-bond acceptors (Lipinski definition) is 3. The third-order valence-corrected chi connectivity index (χ3v) is 3.43. The molecule has 0 radical (unpaired) electrons. The van der Waals surface area contributed by atoms with Crippen LogP contribution in [0.4, 0.5) is 0 Å². The van der Waals surface area contributed by atoms with E-state index in [2.05, 4.69) is 6.92 Å². The maximum atomic E-state index is 8.24. The molecule has 0 aliphatic carbocycles. The quantitative estimate of drug-likeness (QED) is 0.498. The van der Waals surface area contributed by atoms with Crippen molar-refractivity contribution in [2.75, 3.05) is 20.2 Å². The third kappa shape index (κ3) is 5.74. The van der Waals surface area contributed by atoms with E-state index in [-0.39, 0.29) is 0 Å². The minimum atomic E-state index is -1.00. The Morgan fingerprint density at radius 1 is 1.67 bits per heavy atom. The second-order valence-corrected chi connectivity index (χ2v) is 4.61. The molecule has 0 bridgehead atoms. The molecule has 0 spiro atoms. The Bertz CT molecular complexity index is 151. The molecule has 0 aromatic carbocycles. The van der Waals surface area contributed by atoms with Gasteiger partial charge in [0.2, 0.25) is 7.65 Å². The Kier molecular flexibility index (Phi) is 7.85. The lowest BCUT2D eigenvalue weighted by Gasteiger charge is -2.19. The Morgan fingerprint density at radius 2 is 2.33 bits per heavy atom. The van der Waals surface area contributed by atoms with Crippen LogP contribution >= 0.6 is 18.9 Å². The smallest absolute Gasteiger partial charge is 0.206 e. The molecule has 0 saturated heterocycles. The lowest BCUT2D eigenvalue weighted by molar-refractivity contribution is 0.336. The van der Waals surface area contributed by atoms with Crippen molar-refractivity contribution in [2.45, 2.75) is 19.8 Å². The Balaban J connectivity index is 3.43. The van der Waals surface area contributed by atoms with Crippen molar-refractivity contribution >= 4 is 18.9 Å². The van der Waals surface area contributed by atoms with Crippen LogP contribution in [0.15, 0.2) is 0 Å². The predicted octanol–water partition coefficient (Wildman–Crippen LogP) is 2.72. The van der Waals surface area contributed by atoms with Crippen molar-refractivity contribution in [3.05, 3.63) is 0 Å². The van der Waals surface area contributed by atoms with Gasteiger partial charge in [-0.15, -0.1) is 0 Å². The average molecular weight is 209 g/mol. The maximum Gasteiger partial charge on any atom is 0.206 e. The lowest BCUT2D eigenvalue weighted by Crippen LogP contribution is -2.11. The zero-order valence-electron chi connectivity index (χ0n) is 7.46. The van der Waals surface area contributed by atoms with Gasteiger partial charge >= 0.3 is 0 Å². The fourth-order valence-corrected chi connectivity index (χ4v) is 1.90. The molecule has 12 heavy (non-hydrogen) atoms. The van der Waals surface area contributed by atoms with Gasteiger partial charge in [-0.05, 0) is 24.7 Å². The maximum absolute atomic E-state index is 8.24. The van der Waals surface area contributed by atoms with E-state index in [0.29, 0.717) is 13.0 Å². The van der Waals surface area contributed by atoms with Gasteiger partial charge in [-0.1, -0.05) is 6.92 Å². The Hall–Kier alpha value is 0.130. The van der Waals surface area contributed by atoms with Gasteiger partial charge in [0.15, 0.2) is 0 Å². The van der Waals surface area contributed by atoms with Crippen molar-refractivity contribution in [3.8, 4) is 6.07 Å². The summed E-state index contributed by atoms with van der Waals surface area (Å²) in [7, 11) is 0.920. The normalized spacial score (nSPS) is 12.9. The molecule has 0 heterocycles. The lowest BCUT2D eigenvalue weighted by atomic mass is 10.5. The van der Waals surface area contributed by atoms with Crippen LogP contribution in [-0.4, -0.2) is 24.9 Å². The fraction of sp³-hybridized carbons (Fsp3) is 0.857.